The minimum atomic E-state index is -5.21. The molecule has 464 valence electrons. The van der Waals surface area contributed by atoms with Crippen LogP contribution in [-0.4, -0.2) is 140 Å². The van der Waals surface area contributed by atoms with Crippen molar-refractivity contribution < 1.29 is 92.0 Å². The van der Waals surface area contributed by atoms with Gasteiger partial charge in [-0.15, -0.1) is 9.42 Å². The zero-order chi connectivity index (χ0) is 61.6. The number of hydrogen-bond acceptors (Lipinski definition) is 14. The van der Waals surface area contributed by atoms with Gasteiger partial charge in [-0.05, 0) is 81.8 Å². The monoisotopic (exact) mass is 1230 g/mol. The molecular weight excluding hydrogens is 1170 g/mol. The Balaban J connectivity index is 0.0000116. The maximum atomic E-state index is 16.2. The lowest BCUT2D eigenvalue weighted by Gasteiger charge is -2.48. The number of ether oxygens (including phenoxy) is 2. The second-order valence-electron chi connectivity index (χ2n) is 22.1. The number of anilines is 1. The van der Waals surface area contributed by atoms with Crippen molar-refractivity contribution in [2.24, 2.45) is 22.7 Å². The number of carbonyl (C=O) groups excluding carboxylic acids is 4. The Hall–Kier alpha value is -6.83. The van der Waals surface area contributed by atoms with Gasteiger partial charge in [0.1, 0.15) is 23.8 Å². The van der Waals surface area contributed by atoms with Gasteiger partial charge < -0.3 is 25.2 Å². The summed E-state index contributed by atoms with van der Waals surface area (Å²) in [6, 6.07) is 7.40. The Morgan fingerprint density at radius 1 is 0.824 bits per heavy atom. The van der Waals surface area contributed by atoms with Crippen LogP contribution in [-0.2, 0) is 45.9 Å². The number of aromatic nitrogens is 4. The van der Waals surface area contributed by atoms with Crippen LogP contribution >= 0.6 is 8.25 Å². The van der Waals surface area contributed by atoms with Gasteiger partial charge in [0.2, 0.25) is 11.9 Å². The number of esters is 1. The molecule has 3 unspecified atom stereocenters. The Bertz CT molecular complexity index is 3050. The van der Waals surface area contributed by atoms with Crippen LogP contribution in [0.3, 0.4) is 0 Å². The molecule has 2 aromatic carbocycles. The summed E-state index contributed by atoms with van der Waals surface area (Å²) in [7, 11) is -2.19. The quantitative estimate of drug-likeness (QED) is 0.0207. The first-order chi connectivity index (χ1) is 39.4. The van der Waals surface area contributed by atoms with Gasteiger partial charge >= 0.3 is 39.2 Å². The second kappa shape index (κ2) is 27.7. The number of alkyl carbamates (subject to hydrolysis) is 1. The molecule has 2 saturated heterocycles. The van der Waals surface area contributed by atoms with E-state index in [1.54, 1.807) is 12.4 Å². The third kappa shape index (κ3) is 16.2. The SMILES string of the molecule is COC(=O)C[C@H](C(=O)NN(Cc1c(F)cc(-c2ccn(C(F)F)n2)cc1F)C[C@H](O[P+](=O)O)[C@@H](CC(=O)[C@@H](NC(=O)OC)C(C)(C)C(F)(F)F)Cc1ccc(C#Cc2cnc(N3CC4CCC(C3)N4C3CCC3)nc2)cc1)C(C)(C)C(F)(F)F.O. The van der Waals surface area contributed by atoms with Crippen molar-refractivity contribution in [2.45, 2.75) is 135 Å². The predicted molar refractivity (Wildman–Crippen MR) is 285 cm³/mol. The van der Waals surface area contributed by atoms with Crippen molar-refractivity contribution in [3.63, 3.8) is 0 Å². The molecule has 2 amide bonds. The molecule has 19 nitrogen and oxygen atoms in total. The molecule has 4 aromatic rings. The topological polar surface area (TPSA) is 242 Å². The van der Waals surface area contributed by atoms with Gasteiger partial charge in [0.15, 0.2) is 5.78 Å². The summed E-state index contributed by atoms with van der Waals surface area (Å²) in [5.74, 6) is -4.65. The minimum absolute atomic E-state index is 0. The van der Waals surface area contributed by atoms with E-state index in [1.807, 2.05) is 5.32 Å². The van der Waals surface area contributed by atoms with Gasteiger partial charge in [0.25, 0.3) is 0 Å². The van der Waals surface area contributed by atoms with E-state index in [-0.39, 0.29) is 27.0 Å². The molecule has 5 N–H and O–H groups in total. The smallest absolute Gasteiger partial charge is 0.469 e. The second-order valence-corrected chi connectivity index (χ2v) is 22.8. The number of nitrogens with one attached hydrogen (secondary N) is 2. The van der Waals surface area contributed by atoms with Crippen LogP contribution in [0.15, 0.2) is 61.1 Å². The fourth-order valence-corrected chi connectivity index (χ4v) is 11.1. The molecule has 2 bridgehead atoms. The van der Waals surface area contributed by atoms with Crippen molar-refractivity contribution in [2.75, 3.05) is 38.8 Å². The van der Waals surface area contributed by atoms with Crippen molar-refractivity contribution in [1.29, 1.82) is 0 Å². The van der Waals surface area contributed by atoms with Crippen molar-refractivity contribution in [1.82, 2.24) is 40.4 Å². The summed E-state index contributed by atoms with van der Waals surface area (Å²) >= 11 is 0. The summed E-state index contributed by atoms with van der Waals surface area (Å²) in [5, 5.41) is 6.01. The zero-order valence-electron chi connectivity index (χ0n) is 46.9. The number of amides is 2. The molecule has 0 spiro atoms. The van der Waals surface area contributed by atoms with Crippen molar-refractivity contribution in [3.05, 3.63) is 94.9 Å². The molecule has 4 heterocycles. The number of rotatable bonds is 23. The normalized spacial score (nSPS) is 18.3. The van der Waals surface area contributed by atoms with Gasteiger partial charge in [-0.3, -0.25) is 24.7 Å². The predicted octanol–water partition coefficient (Wildman–Crippen LogP) is 8.56. The number of nitrogens with zero attached hydrogens (tertiary/aromatic N) is 7. The number of fused-ring (bicyclic) bond motifs is 2. The Kier molecular flexibility index (Phi) is 21.9. The van der Waals surface area contributed by atoms with Gasteiger partial charge in [-0.2, -0.15) is 40.2 Å². The van der Waals surface area contributed by atoms with Crippen LogP contribution in [0.1, 0.15) is 101 Å². The first kappa shape index (κ1) is 67.3. The highest BCUT2D eigenvalue weighted by Crippen LogP contribution is 2.46. The molecule has 30 heteroatoms. The Labute approximate surface area is 483 Å². The third-order valence-electron chi connectivity index (χ3n) is 16.0. The summed E-state index contributed by atoms with van der Waals surface area (Å²) < 4.78 is 175. The number of Topliss-reactive ketones (excluding diaryl/α,β-unsaturated/α-hetero) is 1. The molecule has 85 heavy (non-hydrogen) atoms. The van der Waals surface area contributed by atoms with Crippen LogP contribution in [0.4, 0.5) is 54.6 Å². The average molecular weight is 1230 g/mol. The summed E-state index contributed by atoms with van der Waals surface area (Å²) in [5.41, 5.74) is -4.54. The van der Waals surface area contributed by atoms with E-state index in [0.29, 0.717) is 80.0 Å². The number of benzene rings is 2. The average Bonchev–Trinajstić information content (AvgIpc) is 2.35. The van der Waals surface area contributed by atoms with Crippen molar-refractivity contribution in [3.8, 4) is 23.1 Å². The Morgan fingerprint density at radius 3 is 1.92 bits per heavy atom. The van der Waals surface area contributed by atoms with Gasteiger partial charge in [0, 0.05) is 89.9 Å². The van der Waals surface area contributed by atoms with E-state index in [4.69, 9.17) is 4.52 Å². The third-order valence-corrected chi connectivity index (χ3v) is 16.4. The van der Waals surface area contributed by atoms with Gasteiger partial charge in [0.05, 0.1) is 55.2 Å². The molecule has 0 radical (unpaired) electrons. The highest BCUT2D eigenvalue weighted by Gasteiger charge is 2.57. The molecule has 7 atom stereocenters. The van der Waals surface area contributed by atoms with E-state index in [2.05, 4.69) is 51.6 Å². The molecular formula is C55H65F10N9O10P+. The number of piperazine rings is 1. The summed E-state index contributed by atoms with van der Waals surface area (Å²) in [4.78, 5) is 78.2. The molecule has 3 aliphatic rings. The van der Waals surface area contributed by atoms with Crippen molar-refractivity contribution >= 4 is 38.0 Å². The summed E-state index contributed by atoms with van der Waals surface area (Å²) in [6.07, 6.45) is -6.72. The number of ketones is 1. The molecule has 3 fully saturated rings. The van der Waals surface area contributed by atoms with Crippen LogP contribution in [0, 0.1) is 46.1 Å². The molecule has 2 aromatic heterocycles. The lowest BCUT2D eigenvalue weighted by molar-refractivity contribution is -0.231. The number of methoxy groups -OCH3 is 2. The zero-order valence-corrected chi connectivity index (χ0v) is 47.8. The molecule has 1 aliphatic carbocycles. The first-order valence-electron chi connectivity index (χ1n) is 26.6. The van der Waals surface area contributed by atoms with E-state index < -0.39 is 135 Å². The maximum Gasteiger partial charge on any atom is 0.695 e. The van der Waals surface area contributed by atoms with Gasteiger partial charge in [-0.1, -0.05) is 44.2 Å². The van der Waals surface area contributed by atoms with Crippen LogP contribution in [0.5, 0.6) is 0 Å². The van der Waals surface area contributed by atoms with Crippen LogP contribution in [0.2, 0.25) is 0 Å². The number of alkyl halides is 8. The van der Waals surface area contributed by atoms with E-state index in [0.717, 1.165) is 52.4 Å². The lowest BCUT2D eigenvalue weighted by atomic mass is 9.75. The number of halogens is 10. The number of carbonyl (C=O) groups is 4. The standard InChI is InChI=1S/C55H62F10N9O9P.H2O/c1-52(2,54(60,61)62)40(24-46(76)81-5)48(77)70-72(29-39-41(56)21-34(22-42(39)57)43-18-19-73(69-43)49(58)59)30-45(83-84(79)80)35(23-44(75)47(68-51(78)82-6)53(3,4)55(63,64)65)20-32-13-10-31(11-14-32)12-15-33-25-66-50(67-26-33)71-27-37-16-17-38(28-71)74(37)36-8-7-9-36;/h10-11,13-14,18-19,21-22,25-26,35-38,40,45,47,49H,7-9,16-17,20,23-24,27-30H2,1-6H3,(H2-,68,70,77,78,79,80);1H2/p+1/t35-,37?,38?,40-,45+,47-;/m1./s1. The van der Waals surface area contributed by atoms with E-state index >= 15 is 8.78 Å². The largest absolute Gasteiger partial charge is 0.695 e. The number of hydrogen-bond donors (Lipinski definition) is 3. The maximum absolute atomic E-state index is 16.2. The van der Waals surface area contributed by atoms with E-state index in [9.17, 15) is 63.8 Å². The molecule has 2 aliphatic heterocycles. The van der Waals surface area contributed by atoms with E-state index in [1.165, 1.54) is 43.5 Å². The van der Waals surface area contributed by atoms with Crippen LogP contribution < -0.4 is 15.6 Å². The molecule has 1 saturated carbocycles. The Morgan fingerprint density at radius 2 is 1.41 bits per heavy atom. The highest BCUT2D eigenvalue weighted by molar-refractivity contribution is 7.32. The lowest BCUT2D eigenvalue weighted by Crippen LogP contribution is -2.59. The summed E-state index contributed by atoms with van der Waals surface area (Å²) in [6.45, 7) is -1.47. The highest BCUT2D eigenvalue weighted by atomic mass is 31.1. The first-order valence-corrected chi connectivity index (χ1v) is 27.8. The fourth-order valence-electron chi connectivity index (χ4n) is 10.6. The number of hydrazine groups is 1. The fraction of sp³-hybridized carbons (Fsp3) is 0.545. The molecule has 7 rings (SSSR count). The van der Waals surface area contributed by atoms with Gasteiger partial charge in [-0.25, -0.2) is 33.2 Å². The van der Waals surface area contributed by atoms with Crippen LogP contribution in [0.25, 0.3) is 11.3 Å². The minimum Gasteiger partial charge on any atom is -0.469 e.